The predicted molar refractivity (Wildman–Crippen MR) is 82.2 cm³/mol. The van der Waals surface area contributed by atoms with Crippen LogP contribution in [0.2, 0.25) is 5.02 Å². The van der Waals surface area contributed by atoms with Crippen LogP contribution in [-0.4, -0.2) is 27.8 Å². The van der Waals surface area contributed by atoms with Crippen LogP contribution in [0.15, 0.2) is 36.7 Å². The molecule has 4 nitrogen and oxygen atoms in total. The molecule has 1 aliphatic rings. The van der Waals surface area contributed by atoms with Crippen LogP contribution in [-0.2, 0) is 6.54 Å². The highest BCUT2D eigenvalue weighted by molar-refractivity contribution is 6.30. The Morgan fingerprint density at radius 3 is 3.14 bits per heavy atom. The van der Waals surface area contributed by atoms with E-state index in [1.54, 1.807) is 0 Å². The maximum atomic E-state index is 9.05. The second-order valence-electron chi connectivity index (χ2n) is 5.48. The Bertz CT molecular complexity index is 658. The van der Waals surface area contributed by atoms with Gasteiger partial charge in [-0.1, -0.05) is 17.7 Å². The fraction of sp³-hybridized carbons (Fsp3) is 0.375. The fourth-order valence-corrected chi connectivity index (χ4v) is 2.95. The Balaban J connectivity index is 1.69. The van der Waals surface area contributed by atoms with Crippen LogP contribution in [0.3, 0.4) is 0 Å². The van der Waals surface area contributed by atoms with Gasteiger partial charge in [-0.15, -0.1) is 0 Å². The first-order valence-electron chi connectivity index (χ1n) is 7.16. The van der Waals surface area contributed by atoms with Gasteiger partial charge in [-0.2, -0.15) is 10.4 Å². The molecule has 3 rings (SSSR count). The van der Waals surface area contributed by atoms with Crippen LogP contribution in [0, 0.1) is 17.2 Å². The largest absolute Gasteiger partial charge is 0.298 e. The lowest BCUT2D eigenvalue weighted by atomic mass is 9.99. The highest BCUT2D eigenvalue weighted by atomic mass is 35.5. The third-order valence-corrected chi connectivity index (χ3v) is 4.04. The average Bonchev–Trinajstić information content (AvgIpc) is 2.96. The van der Waals surface area contributed by atoms with Crippen molar-refractivity contribution in [3.63, 3.8) is 0 Å². The highest BCUT2D eigenvalue weighted by Crippen LogP contribution is 2.19. The average molecular weight is 301 g/mol. The maximum absolute atomic E-state index is 9.05. The van der Waals surface area contributed by atoms with Crippen molar-refractivity contribution >= 4 is 11.6 Å². The number of hydrogen-bond acceptors (Lipinski definition) is 3. The fourth-order valence-electron chi connectivity index (χ4n) is 2.76. The molecule has 2 aromatic rings. The Kier molecular flexibility index (Phi) is 4.23. The number of nitriles is 1. The van der Waals surface area contributed by atoms with Crippen LogP contribution < -0.4 is 0 Å². The van der Waals surface area contributed by atoms with Gasteiger partial charge >= 0.3 is 0 Å². The number of rotatable bonds is 3. The molecule has 0 saturated carbocycles. The van der Waals surface area contributed by atoms with Crippen LogP contribution in [0.4, 0.5) is 0 Å². The summed E-state index contributed by atoms with van der Waals surface area (Å²) in [5, 5.41) is 14.2. The molecule has 1 saturated heterocycles. The summed E-state index contributed by atoms with van der Waals surface area (Å²) in [4.78, 5) is 2.33. The third-order valence-electron chi connectivity index (χ3n) is 3.80. The molecule has 0 aliphatic carbocycles. The van der Waals surface area contributed by atoms with Gasteiger partial charge in [0.25, 0.3) is 0 Å². The van der Waals surface area contributed by atoms with E-state index in [1.165, 1.54) is 0 Å². The quantitative estimate of drug-likeness (QED) is 0.874. The van der Waals surface area contributed by atoms with Crippen molar-refractivity contribution in [1.82, 2.24) is 14.7 Å². The van der Waals surface area contributed by atoms with Crippen molar-refractivity contribution in [2.45, 2.75) is 19.4 Å². The van der Waals surface area contributed by atoms with Gasteiger partial charge in [0.15, 0.2) is 0 Å². The minimum atomic E-state index is 0.168. The van der Waals surface area contributed by atoms with Crippen molar-refractivity contribution < 1.29 is 0 Å². The number of likely N-dealkylation sites (tertiary alicyclic amines) is 1. The lowest BCUT2D eigenvalue weighted by molar-refractivity contribution is 0.192. The second-order valence-corrected chi connectivity index (χ2v) is 5.91. The van der Waals surface area contributed by atoms with Crippen molar-refractivity contribution in [2.75, 3.05) is 13.1 Å². The predicted octanol–water partition coefficient (Wildman–Crippen LogP) is 3.26. The van der Waals surface area contributed by atoms with Crippen molar-refractivity contribution in [2.24, 2.45) is 5.92 Å². The minimum absolute atomic E-state index is 0.168. The molecule has 108 valence electrons. The molecule has 1 fully saturated rings. The number of hydrogen-bond donors (Lipinski definition) is 0. The second kappa shape index (κ2) is 6.30. The number of nitrogens with zero attached hydrogens (tertiary/aromatic N) is 4. The van der Waals surface area contributed by atoms with Gasteiger partial charge in [-0.3, -0.25) is 4.90 Å². The molecule has 0 radical (unpaired) electrons. The summed E-state index contributed by atoms with van der Waals surface area (Å²) in [6.45, 7) is 2.76. The molecule has 2 heterocycles. The van der Waals surface area contributed by atoms with E-state index < -0.39 is 0 Å². The molecule has 0 unspecified atom stereocenters. The summed E-state index contributed by atoms with van der Waals surface area (Å²) in [6, 6.07) is 10.0. The summed E-state index contributed by atoms with van der Waals surface area (Å²) < 4.78 is 1.84. The molecule has 0 bridgehead atoms. The van der Waals surface area contributed by atoms with Gasteiger partial charge in [0, 0.05) is 29.9 Å². The molecule has 1 atom stereocenters. The van der Waals surface area contributed by atoms with Gasteiger partial charge < -0.3 is 0 Å². The molecule has 1 aromatic heterocycles. The van der Waals surface area contributed by atoms with Gasteiger partial charge in [0.2, 0.25) is 0 Å². The summed E-state index contributed by atoms with van der Waals surface area (Å²) in [7, 11) is 0. The standard InChI is InChI=1S/C16H17ClN4/c17-15-4-1-5-16(7-15)21-12-14(9-19-21)11-20-6-2-3-13(8-18)10-20/h1,4-5,7,9,12-13H,2-3,6,10-11H2/t13-/m0/s1. The summed E-state index contributed by atoms with van der Waals surface area (Å²) in [6.07, 6.45) is 6.04. The van der Waals surface area contributed by atoms with Gasteiger partial charge in [0.1, 0.15) is 0 Å². The van der Waals surface area contributed by atoms with E-state index >= 15 is 0 Å². The van der Waals surface area contributed by atoms with Gasteiger partial charge in [0.05, 0.1) is 23.9 Å². The minimum Gasteiger partial charge on any atom is -0.298 e. The van der Waals surface area contributed by atoms with Gasteiger partial charge in [-0.05, 0) is 37.6 Å². The first-order valence-corrected chi connectivity index (χ1v) is 7.54. The zero-order valence-corrected chi connectivity index (χ0v) is 12.5. The third kappa shape index (κ3) is 3.44. The van der Waals surface area contributed by atoms with E-state index in [4.69, 9.17) is 16.9 Å². The summed E-state index contributed by atoms with van der Waals surface area (Å²) in [5.74, 6) is 0.168. The number of aromatic nitrogens is 2. The van der Waals surface area contributed by atoms with Crippen molar-refractivity contribution in [3.8, 4) is 11.8 Å². The molecule has 0 amide bonds. The van der Waals surface area contributed by atoms with E-state index in [-0.39, 0.29) is 5.92 Å². The first kappa shape index (κ1) is 14.1. The van der Waals surface area contributed by atoms with Crippen molar-refractivity contribution in [1.29, 1.82) is 5.26 Å². The van der Waals surface area contributed by atoms with E-state index in [1.807, 2.05) is 41.3 Å². The molecule has 0 spiro atoms. The van der Waals surface area contributed by atoms with E-state index in [0.717, 1.165) is 43.7 Å². The van der Waals surface area contributed by atoms with Crippen LogP contribution in [0.5, 0.6) is 0 Å². The molecule has 1 aliphatic heterocycles. The van der Waals surface area contributed by atoms with Crippen LogP contribution in [0.1, 0.15) is 18.4 Å². The Morgan fingerprint density at radius 2 is 2.33 bits per heavy atom. The van der Waals surface area contributed by atoms with Crippen LogP contribution in [0.25, 0.3) is 5.69 Å². The summed E-state index contributed by atoms with van der Waals surface area (Å²) >= 11 is 6.01. The lowest BCUT2D eigenvalue weighted by Crippen LogP contribution is -2.34. The summed E-state index contributed by atoms with van der Waals surface area (Å²) in [5.41, 5.74) is 2.12. The Hall–Kier alpha value is -1.83. The maximum Gasteiger partial charge on any atom is 0.0669 e. The Labute approximate surface area is 129 Å². The molecular weight excluding hydrogens is 284 g/mol. The normalized spacial score (nSPS) is 19.3. The number of piperidine rings is 1. The number of benzene rings is 1. The first-order chi connectivity index (χ1) is 10.2. The molecule has 5 heteroatoms. The highest BCUT2D eigenvalue weighted by Gasteiger charge is 2.19. The topological polar surface area (TPSA) is 44.9 Å². The van der Waals surface area contributed by atoms with Crippen molar-refractivity contribution in [3.05, 3.63) is 47.2 Å². The van der Waals surface area contributed by atoms with E-state index in [2.05, 4.69) is 16.1 Å². The molecule has 1 aromatic carbocycles. The number of halogens is 1. The van der Waals surface area contributed by atoms with Gasteiger partial charge in [-0.25, -0.2) is 4.68 Å². The van der Waals surface area contributed by atoms with E-state index in [9.17, 15) is 0 Å². The lowest BCUT2D eigenvalue weighted by Gasteiger charge is -2.28. The van der Waals surface area contributed by atoms with Crippen LogP contribution >= 0.6 is 11.6 Å². The molecule has 0 N–H and O–H groups in total. The molecular formula is C16H17ClN4. The Morgan fingerprint density at radius 1 is 1.43 bits per heavy atom. The zero-order valence-electron chi connectivity index (χ0n) is 11.7. The monoisotopic (exact) mass is 300 g/mol. The van der Waals surface area contributed by atoms with E-state index in [0.29, 0.717) is 5.02 Å². The smallest absolute Gasteiger partial charge is 0.0669 e. The SMILES string of the molecule is N#C[C@@H]1CCCN(Cc2cnn(-c3cccc(Cl)c3)c2)C1. The molecule has 21 heavy (non-hydrogen) atoms. The zero-order chi connectivity index (χ0) is 14.7.